The molecule has 0 fully saturated rings. The Kier molecular flexibility index (Phi) is 4.08. The smallest absolute Gasteiger partial charge is 0.217 e. The zero-order chi connectivity index (χ0) is 11.0. The van der Waals surface area contributed by atoms with Gasteiger partial charge in [0.15, 0.2) is 0 Å². The van der Waals surface area contributed by atoms with Crippen molar-refractivity contribution in [2.24, 2.45) is 0 Å². The maximum atomic E-state index is 5.70. The number of aromatic nitrogens is 1. The third kappa shape index (κ3) is 3.19. The molecular weight excluding hydrogens is 311 g/mol. The Hall–Kier alpha value is 0.890. The van der Waals surface area contributed by atoms with Gasteiger partial charge < -0.3 is 0 Å². The lowest BCUT2D eigenvalue weighted by molar-refractivity contribution is 1.07. The first-order valence-corrected chi connectivity index (χ1v) is 5.58. The van der Waals surface area contributed by atoms with Crippen molar-refractivity contribution in [3.05, 3.63) is 29.6 Å². The van der Waals surface area contributed by atoms with E-state index < -0.39 is 7.59 Å². The minimum Gasteiger partial charge on any atom is -0.264 e. The van der Waals surface area contributed by atoms with Crippen molar-refractivity contribution in [2.45, 2.75) is 7.59 Å². The molecule has 0 saturated carbocycles. The summed E-state index contributed by atoms with van der Waals surface area (Å²) >= 11 is 34.1. The molecule has 0 spiro atoms. The highest BCUT2D eigenvalue weighted by molar-refractivity contribution is 6.69. The Morgan fingerprint density at radius 3 is 1.71 bits per heavy atom. The van der Waals surface area contributed by atoms with E-state index >= 15 is 0 Å². The van der Waals surface area contributed by atoms with Gasteiger partial charge >= 0.3 is 0 Å². The highest BCUT2D eigenvalue weighted by Crippen LogP contribution is 2.47. The summed E-state index contributed by atoms with van der Waals surface area (Å²) in [4.78, 5) is 3.80. The van der Waals surface area contributed by atoms with E-state index in [0.29, 0.717) is 5.56 Å². The maximum Gasteiger partial charge on any atom is 0.217 e. The number of rotatable bonds is 0. The highest BCUT2D eigenvalue weighted by Gasteiger charge is 2.34. The summed E-state index contributed by atoms with van der Waals surface area (Å²) < 4.78 is -3.30. The number of halogens is 6. The molecule has 78 valence electrons. The summed E-state index contributed by atoms with van der Waals surface area (Å²) in [5.74, 6) is 0. The zero-order valence-electron chi connectivity index (χ0n) is 6.45. The second kappa shape index (κ2) is 4.40. The maximum absolute atomic E-state index is 5.70. The summed E-state index contributed by atoms with van der Waals surface area (Å²) in [6, 6.07) is 1.49. The topological polar surface area (TPSA) is 12.9 Å². The van der Waals surface area contributed by atoms with Gasteiger partial charge in [-0.1, -0.05) is 69.6 Å². The monoisotopic (exact) mass is 311 g/mol. The predicted octanol–water partition coefficient (Wildman–Crippen LogP) is 4.74. The van der Waals surface area contributed by atoms with Crippen molar-refractivity contribution >= 4 is 69.6 Å². The van der Waals surface area contributed by atoms with Crippen molar-refractivity contribution in [3.8, 4) is 0 Å². The predicted molar refractivity (Wildman–Crippen MR) is 62.7 cm³/mol. The van der Waals surface area contributed by atoms with E-state index in [2.05, 4.69) is 4.98 Å². The van der Waals surface area contributed by atoms with Gasteiger partial charge in [0.05, 0.1) is 0 Å². The molecular formula is C7H3Cl6N. The summed E-state index contributed by atoms with van der Waals surface area (Å²) in [5, 5.41) is 0. The third-order valence-electron chi connectivity index (χ3n) is 1.43. The van der Waals surface area contributed by atoms with Gasteiger partial charge in [-0.05, 0) is 6.07 Å². The molecule has 0 N–H and O–H groups in total. The number of pyridine rings is 1. The van der Waals surface area contributed by atoms with Gasteiger partial charge in [-0.3, -0.25) is 4.98 Å². The average molecular weight is 314 g/mol. The minimum atomic E-state index is -1.66. The van der Waals surface area contributed by atoms with Crippen LogP contribution in [0.1, 0.15) is 11.1 Å². The van der Waals surface area contributed by atoms with Gasteiger partial charge in [-0.15, -0.1) is 0 Å². The molecule has 1 aromatic rings. The number of nitrogens with zero attached hydrogens (tertiary/aromatic N) is 1. The van der Waals surface area contributed by atoms with Crippen LogP contribution in [0.4, 0.5) is 0 Å². The Bertz CT molecular complexity index is 293. The van der Waals surface area contributed by atoms with Gasteiger partial charge in [0.2, 0.25) is 7.59 Å². The molecule has 0 radical (unpaired) electrons. The van der Waals surface area contributed by atoms with Crippen LogP contribution in [-0.2, 0) is 7.59 Å². The molecule has 0 amide bonds. The molecule has 14 heavy (non-hydrogen) atoms. The molecule has 0 atom stereocenters. The van der Waals surface area contributed by atoms with Crippen molar-refractivity contribution in [2.75, 3.05) is 0 Å². The van der Waals surface area contributed by atoms with Crippen molar-refractivity contribution in [3.63, 3.8) is 0 Å². The van der Waals surface area contributed by atoms with Crippen LogP contribution in [0.3, 0.4) is 0 Å². The van der Waals surface area contributed by atoms with Gasteiger partial charge in [-0.25, -0.2) is 0 Å². The largest absolute Gasteiger partial charge is 0.264 e. The van der Waals surface area contributed by atoms with Crippen molar-refractivity contribution in [1.29, 1.82) is 0 Å². The van der Waals surface area contributed by atoms with Gasteiger partial charge in [0.25, 0.3) is 0 Å². The fourth-order valence-electron chi connectivity index (χ4n) is 0.868. The first kappa shape index (κ1) is 13.0. The fourth-order valence-corrected chi connectivity index (χ4v) is 1.81. The van der Waals surface area contributed by atoms with Crippen LogP contribution in [0.15, 0.2) is 18.5 Å². The molecule has 1 rings (SSSR count). The molecule has 0 aromatic carbocycles. The van der Waals surface area contributed by atoms with Crippen LogP contribution in [0, 0.1) is 0 Å². The van der Waals surface area contributed by atoms with E-state index in [1.165, 1.54) is 18.5 Å². The van der Waals surface area contributed by atoms with E-state index in [1.54, 1.807) is 0 Å². The van der Waals surface area contributed by atoms with Gasteiger partial charge in [0, 0.05) is 23.5 Å². The molecule has 0 bridgehead atoms. The molecule has 0 saturated heterocycles. The Morgan fingerprint density at radius 1 is 0.857 bits per heavy atom. The van der Waals surface area contributed by atoms with Crippen LogP contribution in [-0.4, -0.2) is 4.98 Å². The summed E-state index contributed by atoms with van der Waals surface area (Å²) in [5.41, 5.74) is 0.558. The zero-order valence-corrected chi connectivity index (χ0v) is 11.0. The Morgan fingerprint density at radius 2 is 1.36 bits per heavy atom. The highest BCUT2D eigenvalue weighted by atomic mass is 35.6. The molecule has 7 heteroatoms. The molecule has 0 unspecified atom stereocenters. The molecule has 0 aliphatic rings. The standard InChI is InChI=1S/C7H3Cl6N/c8-6(9,10)4-1-2-14-3-5(4)7(11,12)13/h1-3H. The average Bonchev–Trinajstić information content (AvgIpc) is 2.01. The van der Waals surface area contributed by atoms with Gasteiger partial charge in [-0.2, -0.15) is 0 Å². The second-order valence-corrected chi connectivity index (χ2v) is 6.98. The van der Waals surface area contributed by atoms with Crippen LogP contribution in [0.25, 0.3) is 0 Å². The molecule has 1 heterocycles. The molecule has 0 aliphatic carbocycles. The molecule has 0 aliphatic heterocycles. The lowest BCUT2D eigenvalue weighted by Gasteiger charge is -2.20. The van der Waals surface area contributed by atoms with Crippen LogP contribution in [0.2, 0.25) is 0 Å². The Balaban J connectivity index is 3.31. The number of hydrogen-bond donors (Lipinski definition) is 0. The van der Waals surface area contributed by atoms with Crippen LogP contribution >= 0.6 is 69.6 Å². The molecule has 1 nitrogen and oxygen atoms in total. The number of alkyl halides is 6. The normalized spacial score (nSPS) is 13.0. The summed E-state index contributed by atoms with van der Waals surface area (Å²) in [7, 11) is 0. The second-order valence-electron chi connectivity index (χ2n) is 2.42. The Labute approximate surface area is 111 Å². The third-order valence-corrected chi connectivity index (χ3v) is 2.65. The molecule has 1 aromatic heterocycles. The summed E-state index contributed by atoms with van der Waals surface area (Å²) in [6.07, 6.45) is 2.81. The van der Waals surface area contributed by atoms with E-state index in [4.69, 9.17) is 69.6 Å². The SMILES string of the molecule is ClC(Cl)(Cl)c1ccncc1C(Cl)(Cl)Cl. The number of hydrogen-bond acceptors (Lipinski definition) is 1. The van der Waals surface area contributed by atoms with E-state index in [1.807, 2.05) is 0 Å². The quantitative estimate of drug-likeness (QED) is 0.631. The van der Waals surface area contributed by atoms with Crippen molar-refractivity contribution < 1.29 is 0 Å². The van der Waals surface area contributed by atoms with E-state index in [-0.39, 0.29) is 5.56 Å². The first-order chi connectivity index (χ1) is 6.23. The van der Waals surface area contributed by atoms with Crippen LogP contribution < -0.4 is 0 Å². The van der Waals surface area contributed by atoms with Gasteiger partial charge in [0.1, 0.15) is 0 Å². The summed E-state index contributed by atoms with van der Waals surface area (Å²) in [6.45, 7) is 0. The fraction of sp³-hybridized carbons (Fsp3) is 0.286. The lowest BCUT2D eigenvalue weighted by atomic mass is 10.2. The van der Waals surface area contributed by atoms with E-state index in [9.17, 15) is 0 Å². The first-order valence-electron chi connectivity index (χ1n) is 3.31. The van der Waals surface area contributed by atoms with E-state index in [0.717, 1.165) is 0 Å². The lowest BCUT2D eigenvalue weighted by Crippen LogP contribution is -2.12. The van der Waals surface area contributed by atoms with Crippen LogP contribution in [0.5, 0.6) is 0 Å². The minimum absolute atomic E-state index is 0.255. The van der Waals surface area contributed by atoms with Crippen molar-refractivity contribution in [1.82, 2.24) is 4.98 Å².